The second kappa shape index (κ2) is 8.11. The Hall–Kier alpha value is -3.53. The van der Waals surface area contributed by atoms with Gasteiger partial charge in [-0.25, -0.2) is 4.79 Å². The molecule has 7 nitrogen and oxygen atoms in total. The first-order valence-corrected chi connectivity index (χ1v) is 10.1. The van der Waals surface area contributed by atoms with Crippen molar-refractivity contribution in [1.29, 1.82) is 0 Å². The third-order valence-electron chi connectivity index (χ3n) is 5.29. The van der Waals surface area contributed by atoms with Gasteiger partial charge in [-0.05, 0) is 42.3 Å². The standard InChI is InChI=1S/C22H18ClF3N4O3/c1-12-4-9-15(10-16(12)22(24,25)26)33-20-27-18-17(19(31)29(3)21(32)28(18)2)30(20)11-13-5-7-14(23)8-6-13/h4-10H,11H2,1-3H3. The van der Waals surface area contributed by atoms with Gasteiger partial charge in [-0.3, -0.25) is 18.5 Å². The smallest absolute Gasteiger partial charge is 0.416 e. The van der Waals surface area contributed by atoms with E-state index in [1.807, 2.05) is 0 Å². The molecule has 0 unspecified atom stereocenters. The quantitative estimate of drug-likeness (QED) is 0.439. The highest BCUT2D eigenvalue weighted by Crippen LogP contribution is 2.35. The van der Waals surface area contributed by atoms with Crippen LogP contribution in [0.2, 0.25) is 5.02 Å². The van der Waals surface area contributed by atoms with Gasteiger partial charge >= 0.3 is 17.9 Å². The van der Waals surface area contributed by atoms with Crippen molar-refractivity contribution < 1.29 is 17.9 Å². The molecule has 0 amide bonds. The van der Waals surface area contributed by atoms with E-state index in [0.29, 0.717) is 5.02 Å². The van der Waals surface area contributed by atoms with Crippen LogP contribution in [0.4, 0.5) is 13.2 Å². The Labute approximate surface area is 190 Å². The van der Waals surface area contributed by atoms with Crippen LogP contribution in [-0.2, 0) is 26.8 Å². The van der Waals surface area contributed by atoms with Gasteiger partial charge in [0, 0.05) is 19.1 Å². The molecule has 0 N–H and O–H groups in total. The van der Waals surface area contributed by atoms with Crippen LogP contribution in [0.1, 0.15) is 16.7 Å². The highest BCUT2D eigenvalue weighted by molar-refractivity contribution is 6.30. The van der Waals surface area contributed by atoms with Crippen LogP contribution in [0.5, 0.6) is 11.8 Å². The number of hydrogen-bond acceptors (Lipinski definition) is 4. The molecule has 0 aliphatic carbocycles. The molecule has 4 rings (SSSR count). The zero-order valence-corrected chi connectivity index (χ0v) is 18.5. The summed E-state index contributed by atoms with van der Waals surface area (Å²) in [6.07, 6.45) is -4.56. The summed E-state index contributed by atoms with van der Waals surface area (Å²) in [4.78, 5) is 29.6. The van der Waals surface area contributed by atoms with E-state index in [-0.39, 0.29) is 35.0 Å². The molecule has 0 saturated heterocycles. The summed E-state index contributed by atoms with van der Waals surface area (Å²) in [6, 6.07) is 10.2. The van der Waals surface area contributed by atoms with Crippen LogP contribution < -0.4 is 16.0 Å². The molecule has 11 heteroatoms. The van der Waals surface area contributed by atoms with E-state index >= 15 is 0 Å². The highest BCUT2D eigenvalue weighted by atomic mass is 35.5. The lowest BCUT2D eigenvalue weighted by Gasteiger charge is -2.13. The van der Waals surface area contributed by atoms with Gasteiger partial charge in [0.25, 0.3) is 5.56 Å². The molecule has 0 radical (unpaired) electrons. The lowest BCUT2D eigenvalue weighted by Crippen LogP contribution is -2.37. The van der Waals surface area contributed by atoms with Crippen molar-refractivity contribution in [2.45, 2.75) is 19.6 Å². The van der Waals surface area contributed by atoms with Crippen LogP contribution in [0.25, 0.3) is 11.2 Å². The zero-order valence-electron chi connectivity index (χ0n) is 17.8. The van der Waals surface area contributed by atoms with Crippen LogP contribution >= 0.6 is 11.6 Å². The summed E-state index contributed by atoms with van der Waals surface area (Å²) in [7, 11) is 2.78. The molecule has 2 aromatic carbocycles. The van der Waals surface area contributed by atoms with Crippen molar-refractivity contribution >= 4 is 22.8 Å². The minimum absolute atomic E-state index is 0.0424. The fraction of sp³-hybridized carbons (Fsp3) is 0.227. The number of fused-ring (bicyclic) bond motifs is 1. The second-order valence-corrected chi connectivity index (χ2v) is 8.00. The van der Waals surface area contributed by atoms with Crippen molar-refractivity contribution in [2.75, 3.05) is 0 Å². The zero-order chi connectivity index (χ0) is 24.1. The average Bonchev–Trinajstić information content (AvgIpc) is 3.11. The van der Waals surface area contributed by atoms with Gasteiger partial charge in [-0.2, -0.15) is 18.2 Å². The Morgan fingerprint density at radius 3 is 2.33 bits per heavy atom. The van der Waals surface area contributed by atoms with E-state index in [4.69, 9.17) is 16.3 Å². The molecule has 2 heterocycles. The molecular weight excluding hydrogens is 461 g/mol. The Morgan fingerprint density at radius 1 is 1.03 bits per heavy atom. The van der Waals surface area contributed by atoms with Crippen molar-refractivity contribution in [3.8, 4) is 11.8 Å². The van der Waals surface area contributed by atoms with Gasteiger partial charge in [0.15, 0.2) is 11.2 Å². The van der Waals surface area contributed by atoms with Crippen LogP contribution in [0, 0.1) is 6.92 Å². The predicted octanol–water partition coefficient (Wildman–Crippen LogP) is 4.25. The maximum absolute atomic E-state index is 13.4. The molecule has 2 aromatic heterocycles. The maximum atomic E-state index is 13.4. The number of benzene rings is 2. The summed E-state index contributed by atoms with van der Waals surface area (Å²) >= 11 is 5.95. The first-order chi connectivity index (χ1) is 15.5. The minimum Gasteiger partial charge on any atom is -0.425 e. The van der Waals surface area contributed by atoms with Crippen LogP contribution in [0.3, 0.4) is 0 Å². The largest absolute Gasteiger partial charge is 0.425 e. The molecule has 33 heavy (non-hydrogen) atoms. The summed E-state index contributed by atoms with van der Waals surface area (Å²) in [6.45, 7) is 1.45. The second-order valence-electron chi connectivity index (χ2n) is 7.56. The van der Waals surface area contributed by atoms with Crippen LogP contribution in [-0.4, -0.2) is 18.7 Å². The van der Waals surface area contributed by atoms with Gasteiger partial charge in [0.2, 0.25) is 0 Å². The van der Waals surface area contributed by atoms with E-state index in [9.17, 15) is 22.8 Å². The lowest BCUT2D eigenvalue weighted by atomic mass is 10.1. The molecule has 4 aromatic rings. The molecule has 0 spiro atoms. The number of ether oxygens (including phenoxy) is 1. The third-order valence-corrected chi connectivity index (χ3v) is 5.54. The molecule has 0 saturated carbocycles. The monoisotopic (exact) mass is 478 g/mol. The summed E-state index contributed by atoms with van der Waals surface area (Å²) in [5, 5.41) is 0.517. The number of hydrogen-bond donors (Lipinski definition) is 0. The van der Waals surface area contributed by atoms with E-state index in [0.717, 1.165) is 16.2 Å². The molecule has 0 fully saturated rings. The Morgan fingerprint density at radius 2 is 1.70 bits per heavy atom. The Kier molecular flexibility index (Phi) is 5.57. The Bertz CT molecular complexity index is 1480. The summed E-state index contributed by atoms with van der Waals surface area (Å²) in [5.41, 5.74) is -1.14. The topological polar surface area (TPSA) is 71.1 Å². The minimum atomic E-state index is -4.56. The number of rotatable bonds is 4. The lowest BCUT2D eigenvalue weighted by molar-refractivity contribution is -0.138. The number of alkyl halides is 3. The van der Waals surface area contributed by atoms with Gasteiger partial charge in [0.1, 0.15) is 5.75 Å². The number of aryl methyl sites for hydroxylation is 2. The fourth-order valence-corrected chi connectivity index (χ4v) is 3.62. The van der Waals surface area contributed by atoms with E-state index in [2.05, 4.69) is 4.98 Å². The van der Waals surface area contributed by atoms with Gasteiger partial charge in [-0.15, -0.1) is 0 Å². The number of halogens is 4. The molecule has 0 bridgehead atoms. The van der Waals surface area contributed by atoms with E-state index in [1.165, 1.54) is 42.3 Å². The first-order valence-electron chi connectivity index (χ1n) is 9.73. The molecule has 0 atom stereocenters. The first kappa shape index (κ1) is 22.7. The molecular formula is C22H18ClF3N4O3. The van der Waals surface area contributed by atoms with Gasteiger partial charge in [-0.1, -0.05) is 29.8 Å². The number of aromatic nitrogens is 4. The maximum Gasteiger partial charge on any atom is 0.416 e. The fourth-order valence-electron chi connectivity index (χ4n) is 3.50. The van der Waals surface area contributed by atoms with Crippen molar-refractivity contribution in [3.05, 3.63) is 85.0 Å². The SMILES string of the molecule is Cc1ccc(Oc2nc3c(c(=O)n(C)c(=O)n3C)n2Cc2ccc(Cl)cc2)cc1C(F)(F)F. The summed E-state index contributed by atoms with van der Waals surface area (Å²) in [5.74, 6) is -0.109. The van der Waals surface area contributed by atoms with Crippen molar-refractivity contribution in [1.82, 2.24) is 18.7 Å². The number of nitrogens with zero attached hydrogens (tertiary/aromatic N) is 4. The normalized spacial score (nSPS) is 11.8. The Balaban J connectivity index is 1.92. The van der Waals surface area contributed by atoms with E-state index in [1.54, 1.807) is 24.3 Å². The molecule has 0 aliphatic rings. The predicted molar refractivity (Wildman–Crippen MR) is 117 cm³/mol. The third kappa shape index (κ3) is 4.13. The van der Waals surface area contributed by atoms with Crippen molar-refractivity contribution in [3.63, 3.8) is 0 Å². The van der Waals surface area contributed by atoms with E-state index < -0.39 is 23.0 Å². The number of imidazole rings is 1. The summed E-state index contributed by atoms with van der Waals surface area (Å²) < 4.78 is 49.3. The van der Waals surface area contributed by atoms with Crippen LogP contribution in [0.15, 0.2) is 52.1 Å². The average molecular weight is 479 g/mol. The molecule has 172 valence electrons. The highest BCUT2D eigenvalue weighted by Gasteiger charge is 2.33. The van der Waals surface area contributed by atoms with Crippen molar-refractivity contribution in [2.24, 2.45) is 14.1 Å². The van der Waals surface area contributed by atoms with Gasteiger partial charge < -0.3 is 4.74 Å². The molecule has 0 aliphatic heterocycles. The van der Waals surface area contributed by atoms with Gasteiger partial charge in [0.05, 0.1) is 12.1 Å².